The second kappa shape index (κ2) is 9.32. The van der Waals surface area contributed by atoms with Crippen LogP contribution in [-0.2, 0) is 5.41 Å². The van der Waals surface area contributed by atoms with E-state index in [2.05, 4.69) is 33.9 Å². The van der Waals surface area contributed by atoms with Crippen molar-refractivity contribution in [2.45, 2.75) is 47.0 Å². The molecule has 0 saturated heterocycles. The topological polar surface area (TPSA) is 27.7 Å². The van der Waals surface area contributed by atoms with Gasteiger partial charge in [-0.15, -0.1) is 13.2 Å². The van der Waals surface area contributed by atoms with Gasteiger partial charge < -0.3 is 14.2 Å². The van der Waals surface area contributed by atoms with Crippen LogP contribution in [0.3, 0.4) is 0 Å². The summed E-state index contributed by atoms with van der Waals surface area (Å²) in [4.78, 5) is 0. The Labute approximate surface area is 129 Å². The molecule has 0 aliphatic heterocycles. The van der Waals surface area contributed by atoms with Gasteiger partial charge in [-0.1, -0.05) is 20.8 Å². The number of ether oxygens (including phenoxy) is 3. The number of rotatable bonds is 6. The number of benzene rings is 1. The summed E-state index contributed by atoms with van der Waals surface area (Å²) in [5.74, 6) is 2.50. The van der Waals surface area contributed by atoms with Gasteiger partial charge in [0.15, 0.2) is 0 Å². The Kier molecular flexibility index (Phi) is 8.60. The van der Waals surface area contributed by atoms with Gasteiger partial charge in [0.25, 0.3) is 0 Å². The van der Waals surface area contributed by atoms with Crippen molar-refractivity contribution in [2.24, 2.45) is 0 Å². The minimum absolute atomic E-state index is 0.0419. The Morgan fingerprint density at radius 1 is 0.810 bits per heavy atom. The standard InChI is InChI=1S/C16H26O3.C2H4/c1-7-17-12-10-13(18-8-2)15(16(4,5)6)14(11-12)19-9-3;1-2/h10-11H,7-9H2,1-6H3;1-2H2. The summed E-state index contributed by atoms with van der Waals surface area (Å²) >= 11 is 0. The van der Waals surface area contributed by atoms with Crippen LogP contribution in [0.15, 0.2) is 25.3 Å². The summed E-state index contributed by atoms with van der Waals surface area (Å²) < 4.78 is 17.1. The number of hydrogen-bond donors (Lipinski definition) is 0. The van der Waals surface area contributed by atoms with Crippen molar-refractivity contribution in [1.29, 1.82) is 0 Å². The molecule has 0 bridgehead atoms. The average Bonchev–Trinajstić information content (AvgIpc) is 2.40. The van der Waals surface area contributed by atoms with Gasteiger partial charge in [-0.3, -0.25) is 0 Å². The Bertz CT molecular complexity index is 392. The number of hydrogen-bond acceptors (Lipinski definition) is 3. The van der Waals surface area contributed by atoms with E-state index in [1.165, 1.54) is 0 Å². The highest BCUT2D eigenvalue weighted by Gasteiger charge is 2.25. The highest BCUT2D eigenvalue weighted by Crippen LogP contribution is 2.42. The van der Waals surface area contributed by atoms with E-state index in [9.17, 15) is 0 Å². The second-order valence-corrected chi connectivity index (χ2v) is 5.34. The Morgan fingerprint density at radius 3 is 1.48 bits per heavy atom. The highest BCUT2D eigenvalue weighted by molar-refractivity contribution is 5.54. The zero-order chi connectivity index (χ0) is 16.5. The molecule has 0 radical (unpaired) electrons. The molecule has 0 unspecified atom stereocenters. The van der Waals surface area contributed by atoms with E-state index in [-0.39, 0.29) is 5.41 Å². The van der Waals surface area contributed by atoms with Gasteiger partial charge in [0.2, 0.25) is 0 Å². The van der Waals surface area contributed by atoms with Crippen molar-refractivity contribution in [2.75, 3.05) is 19.8 Å². The monoisotopic (exact) mass is 294 g/mol. The summed E-state index contributed by atoms with van der Waals surface area (Å²) in [5.41, 5.74) is 1.05. The molecule has 0 saturated carbocycles. The predicted octanol–water partition coefficient (Wildman–Crippen LogP) is 4.98. The SMILES string of the molecule is C=C.CCOc1cc(OCC)c(C(C)(C)C)c(OCC)c1. The maximum atomic E-state index is 5.78. The van der Waals surface area contributed by atoms with Crippen LogP contribution in [0, 0.1) is 0 Å². The molecule has 0 spiro atoms. The lowest BCUT2D eigenvalue weighted by Gasteiger charge is -2.26. The van der Waals surface area contributed by atoms with Gasteiger partial charge in [0, 0.05) is 17.7 Å². The summed E-state index contributed by atoms with van der Waals surface area (Å²) in [6, 6.07) is 3.91. The first kappa shape index (κ1) is 19.4. The Balaban J connectivity index is 0.00000191. The molecule has 0 amide bonds. The van der Waals surface area contributed by atoms with Gasteiger partial charge in [-0.25, -0.2) is 0 Å². The Morgan fingerprint density at radius 2 is 1.19 bits per heavy atom. The lowest BCUT2D eigenvalue weighted by atomic mass is 9.85. The molecule has 3 heteroatoms. The average molecular weight is 294 g/mol. The van der Waals surface area contributed by atoms with Gasteiger partial charge >= 0.3 is 0 Å². The molecule has 3 nitrogen and oxygen atoms in total. The van der Waals surface area contributed by atoms with Crippen LogP contribution >= 0.6 is 0 Å². The fourth-order valence-electron chi connectivity index (χ4n) is 2.09. The van der Waals surface area contributed by atoms with Gasteiger partial charge in [0.1, 0.15) is 17.2 Å². The fraction of sp³-hybridized carbons (Fsp3) is 0.556. The summed E-state index contributed by atoms with van der Waals surface area (Å²) in [6.07, 6.45) is 0. The minimum atomic E-state index is -0.0419. The van der Waals surface area contributed by atoms with Crippen LogP contribution in [0.25, 0.3) is 0 Å². The second-order valence-electron chi connectivity index (χ2n) is 5.34. The molecule has 0 atom stereocenters. The molecular weight excluding hydrogens is 264 g/mol. The molecule has 21 heavy (non-hydrogen) atoms. The quantitative estimate of drug-likeness (QED) is 0.692. The molecule has 1 aromatic rings. The molecule has 120 valence electrons. The summed E-state index contributed by atoms with van der Waals surface area (Å²) in [5, 5.41) is 0. The maximum Gasteiger partial charge on any atom is 0.130 e. The molecule has 0 aromatic heterocycles. The van der Waals surface area contributed by atoms with Crippen LogP contribution < -0.4 is 14.2 Å². The van der Waals surface area contributed by atoms with E-state index in [1.54, 1.807) is 0 Å². The zero-order valence-electron chi connectivity index (χ0n) is 14.4. The largest absolute Gasteiger partial charge is 0.494 e. The van der Waals surface area contributed by atoms with E-state index >= 15 is 0 Å². The van der Waals surface area contributed by atoms with Crippen molar-refractivity contribution in [1.82, 2.24) is 0 Å². The molecule has 0 N–H and O–H groups in total. The van der Waals surface area contributed by atoms with Crippen LogP contribution in [0.5, 0.6) is 17.2 Å². The molecule has 0 aliphatic rings. The lowest BCUT2D eigenvalue weighted by molar-refractivity contribution is 0.294. The molecular formula is C18H30O3. The maximum absolute atomic E-state index is 5.78. The van der Waals surface area contributed by atoms with Crippen molar-refractivity contribution in [3.05, 3.63) is 30.9 Å². The third kappa shape index (κ3) is 5.70. The van der Waals surface area contributed by atoms with Gasteiger partial charge in [-0.05, 0) is 26.2 Å². The van der Waals surface area contributed by atoms with Crippen molar-refractivity contribution in [3.8, 4) is 17.2 Å². The van der Waals surface area contributed by atoms with E-state index in [0.717, 1.165) is 22.8 Å². The van der Waals surface area contributed by atoms with Crippen LogP contribution in [0.4, 0.5) is 0 Å². The summed E-state index contributed by atoms with van der Waals surface area (Å²) in [7, 11) is 0. The first-order valence-electron chi connectivity index (χ1n) is 7.50. The van der Waals surface area contributed by atoms with Crippen LogP contribution in [-0.4, -0.2) is 19.8 Å². The predicted molar refractivity (Wildman–Crippen MR) is 89.9 cm³/mol. The van der Waals surface area contributed by atoms with E-state index in [4.69, 9.17) is 14.2 Å². The van der Waals surface area contributed by atoms with Crippen molar-refractivity contribution in [3.63, 3.8) is 0 Å². The molecule has 0 fully saturated rings. The highest BCUT2D eigenvalue weighted by atomic mass is 16.5. The molecule has 1 rings (SSSR count). The molecule has 1 aromatic carbocycles. The van der Waals surface area contributed by atoms with E-state index < -0.39 is 0 Å². The molecule has 0 heterocycles. The van der Waals surface area contributed by atoms with E-state index in [0.29, 0.717) is 19.8 Å². The van der Waals surface area contributed by atoms with Crippen LogP contribution in [0.2, 0.25) is 0 Å². The van der Waals surface area contributed by atoms with E-state index in [1.807, 2.05) is 32.9 Å². The fourth-order valence-corrected chi connectivity index (χ4v) is 2.09. The molecule has 0 aliphatic carbocycles. The minimum Gasteiger partial charge on any atom is -0.494 e. The van der Waals surface area contributed by atoms with Crippen molar-refractivity contribution >= 4 is 0 Å². The van der Waals surface area contributed by atoms with Gasteiger partial charge in [-0.2, -0.15) is 0 Å². The Hall–Kier alpha value is -1.64. The smallest absolute Gasteiger partial charge is 0.130 e. The first-order valence-corrected chi connectivity index (χ1v) is 7.50. The zero-order valence-corrected chi connectivity index (χ0v) is 14.4. The normalized spacial score (nSPS) is 10.4. The lowest BCUT2D eigenvalue weighted by Crippen LogP contribution is -2.16. The van der Waals surface area contributed by atoms with Gasteiger partial charge in [0.05, 0.1) is 19.8 Å². The summed E-state index contributed by atoms with van der Waals surface area (Å²) in [6.45, 7) is 20.3. The van der Waals surface area contributed by atoms with Crippen molar-refractivity contribution < 1.29 is 14.2 Å². The first-order chi connectivity index (χ1) is 9.93. The van der Waals surface area contributed by atoms with Crippen LogP contribution in [0.1, 0.15) is 47.1 Å². The third-order valence-corrected chi connectivity index (χ3v) is 2.70. The third-order valence-electron chi connectivity index (χ3n) is 2.70.